The van der Waals surface area contributed by atoms with E-state index in [0.29, 0.717) is 5.56 Å². The molecule has 16 heteroatoms. The summed E-state index contributed by atoms with van der Waals surface area (Å²) in [5.41, 5.74) is 8.48. The second-order valence-electron chi connectivity index (χ2n) is 8.03. The van der Waals surface area contributed by atoms with Gasteiger partial charge in [-0.1, -0.05) is 0 Å². The molecule has 1 amide bonds. The van der Waals surface area contributed by atoms with Crippen LogP contribution in [0.4, 0.5) is 5.69 Å². The summed E-state index contributed by atoms with van der Waals surface area (Å²) in [4.78, 5) is 49.9. The minimum atomic E-state index is -3.59. The summed E-state index contributed by atoms with van der Waals surface area (Å²) in [7, 11) is -2.12. The number of Topliss-reactive ketones (excluding diaryl/α,β-unsaturated/α-hetero) is 1. The molecule has 0 spiro atoms. The van der Waals surface area contributed by atoms with Gasteiger partial charge in [-0.05, 0) is 17.7 Å². The molecule has 1 fully saturated rings. The lowest BCUT2D eigenvalue weighted by Crippen LogP contribution is -2.64. The van der Waals surface area contributed by atoms with Crippen LogP contribution in [-0.2, 0) is 49.8 Å². The molecule has 2 rings (SSSR count). The van der Waals surface area contributed by atoms with E-state index in [2.05, 4.69) is 10.1 Å². The Morgan fingerprint density at radius 1 is 1.24 bits per heavy atom. The van der Waals surface area contributed by atoms with E-state index in [0.717, 1.165) is 6.26 Å². The average molecular weight is 543 g/mol. The number of ether oxygens (including phenoxy) is 4. The number of non-ortho nitro benzene ring substituents is 1. The second-order valence-corrected chi connectivity index (χ2v) is 10.2. The molecule has 1 aliphatic rings. The lowest BCUT2D eigenvalue weighted by molar-refractivity contribution is -0.384. The Bertz CT molecular complexity index is 1160. The third-order valence-electron chi connectivity index (χ3n) is 5.21. The van der Waals surface area contributed by atoms with Crippen LogP contribution in [0.3, 0.4) is 0 Å². The number of nitro groups is 1. The Labute approximate surface area is 211 Å². The Morgan fingerprint density at radius 2 is 1.92 bits per heavy atom. The predicted molar refractivity (Wildman–Crippen MR) is 124 cm³/mol. The minimum absolute atomic E-state index is 0.166. The summed E-state index contributed by atoms with van der Waals surface area (Å²) >= 11 is 0. The highest BCUT2D eigenvalue weighted by molar-refractivity contribution is 7.90. The van der Waals surface area contributed by atoms with Crippen LogP contribution in [0.5, 0.6) is 0 Å². The highest BCUT2D eigenvalue weighted by Gasteiger charge is 2.48. The number of hydrogen-bond acceptors (Lipinski definition) is 11. The van der Waals surface area contributed by atoms with E-state index in [-0.39, 0.29) is 32.3 Å². The van der Waals surface area contributed by atoms with Crippen molar-refractivity contribution < 1.29 is 51.5 Å². The fourth-order valence-corrected chi connectivity index (χ4v) is 4.29. The molecule has 15 nitrogen and oxygen atoms in total. The first-order chi connectivity index (χ1) is 17.5. The van der Waals surface area contributed by atoms with Gasteiger partial charge in [0.1, 0.15) is 23.2 Å². The number of carbonyl (C=O) groups excluding carboxylic acids is 3. The maximum atomic E-state index is 12.6. The number of sulfone groups is 1. The molecule has 0 saturated carbocycles. The molecule has 3 atom stereocenters. The van der Waals surface area contributed by atoms with Gasteiger partial charge in [0.2, 0.25) is 5.91 Å². The van der Waals surface area contributed by atoms with Crippen molar-refractivity contribution in [3.8, 4) is 0 Å². The van der Waals surface area contributed by atoms with Crippen molar-refractivity contribution in [1.82, 2.24) is 5.32 Å². The molecule has 1 aromatic rings. The smallest absolute Gasteiger partial charge is 0.441 e. The topological polar surface area (TPSA) is 214 Å². The van der Waals surface area contributed by atoms with Crippen molar-refractivity contribution >= 4 is 38.9 Å². The summed E-state index contributed by atoms with van der Waals surface area (Å²) in [5, 5.41) is 13.2. The van der Waals surface area contributed by atoms with Gasteiger partial charge in [0.15, 0.2) is 0 Å². The van der Waals surface area contributed by atoms with Crippen LogP contribution >= 0.6 is 0 Å². The molecule has 1 saturated heterocycles. The quantitative estimate of drug-likeness (QED) is 0.0267. The number of carbonyl (C=O) groups is 3. The molecule has 1 aliphatic heterocycles. The van der Waals surface area contributed by atoms with Crippen molar-refractivity contribution in [2.75, 3.05) is 39.1 Å². The number of amides is 1. The average Bonchev–Trinajstić information content (AvgIpc) is 2.81. The van der Waals surface area contributed by atoms with E-state index in [1.165, 1.54) is 31.4 Å². The Kier molecular flexibility index (Phi) is 11.0. The molecule has 202 valence electrons. The molecule has 0 aromatic heterocycles. The van der Waals surface area contributed by atoms with Crippen LogP contribution in [0.1, 0.15) is 12.0 Å². The largest absolute Gasteiger partial charge is 0.452 e. The highest BCUT2D eigenvalue weighted by Crippen LogP contribution is 2.26. The van der Waals surface area contributed by atoms with Gasteiger partial charge >= 0.3 is 11.7 Å². The zero-order valence-electron chi connectivity index (χ0n) is 20.0. The van der Waals surface area contributed by atoms with Crippen LogP contribution in [0.25, 0.3) is 5.53 Å². The van der Waals surface area contributed by atoms with Crippen molar-refractivity contribution in [3.63, 3.8) is 0 Å². The summed E-state index contributed by atoms with van der Waals surface area (Å²) in [6.45, 7) is -0.255. The number of esters is 1. The molecule has 0 radical (unpaired) electrons. The molecule has 37 heavy (non-hydrogen) atoms. The number of hydrogen-bond donors (Lipinski definition) is 1. The van der Waals surface area contributed by atoms with Gasteiger partial charge in [-0.2, -0.15) is 4.79 Å². The maximum Gasteiger partial charge on any atom is 0.441 e. The number of methoxy groups -OCH3 is 1. The number of ketones is 1. The van der Waals surface area contributed by atoms with Crippen LogP contribution in [0, 0.1) is 16.0 Å². The number of nitrogens with zero attached hydrogens (tertiary/aromatic N) is 3. The SMILES string of the molecule is COCCOCOC(CS(C)(=O)=O)C1C(=O)NC1CC(=O)C(=[N+]=[N-])C(=O)OCc1ccc([N+](=O)[O-])cc1. The first-order valence-electron chi connectivity index (χ1n) is 10.8. The van der Waals surface area contributed by atoms with Crippen molar-refractivity contribution in [1.29, 1.82) is 0 Å². The zero-order chi connectivity index (χ0) is 27.6. The Balaban J connectivity index is 2.00. The van der Waals surface area contributed by atoms with Gasteiger partial charge in [-0.3, -0.25) is 19.7 Å². The van der Waals surface area contributed by atoms with E-state index >= 15 is 0 Å². The lowest BCUT2D eigenvalue weighted by Gasteiger charge is -2.40. The number of nitrogens with one attached hydrogen (secondary N) is 1. The normalized spacial score (nSPS) is 17.6. The van der Waals surface area contributed by atoms with Crippen LogP contribution in [0.2, 0.25) is 0 Å². The molecule has 0 aliphatic carbocycles. The van der Waals surface area contributed by atoms with Crippen LogP contribution < -0.4 is 5.32 Å². The maximum absolute atomic E-state index is 12.6. The Hall–Kier alpha value is -3.56. The van der Waals surface area contributed by atoms with Crippen molar-refractivity contribution in [3.05, 3.63) is 45.5 Å². The minimum Gasteiger partial charge on any atom is -0.452 e. The van der Waals surface area contributed by atoms with Crippen molar-refractivity contribution in [2.24, 2.45) is 5.92 Å². The van der Waals surface area contributed by atoms with Crippen molar-refractivity contribution in [2.45, 2.75) is 25.2 Å². The molecule has 3 unspecified atom stereocenters. The third-order valence-corrected chi connectivity index (χ3v) is 6.14. The summed E-state index contributed by atoms with van der Waals surface area (Å²) in [6.07, 6.45) is -0.687. The first kappa shape index (κ1) is 29.7. The number of benzene rings is 1. The molecular weight excluding hydrogens is 516 g/mol. The predicted octanol–water partition coefficient (Wildman–Crippen LogP) is -0.567. The van der Waals surface area contributed by atoms with E-state index in [1.54, 1.807) is 0 Å². The highest BCUT2D eigenvalue weighted by atomic mass is 32.2. The summed E-state index contributed by atoms with van der Waals surface area (Å²) < 4.78 is 44.1. The fourth-order valence-electron chi connectivity index (χ4n) is 3.39. The zero-order valence-corrected chi connectivity index (χ0v) is 20.8. The number of rotatable bonds is 16. The van der Waals surface area contributed by atoms with E-state index in [1.807, 2.05) is 0 Å². The molecule has 1 aromatic carbocycles. The van der Waals surface area contributed by atoms with Gasteiger partial charge in [-0.15, -0.1) is 0 Å². The number of nitro benzene ring substituents is 1. The van der Waals surface area contributed by atoms with Crippen LogP contribution in [0.15, 0.2) is 24.3 Å². The Morgan fingerprint density at radius 3 is 2.46 bits per heavy atom. The number of β-lactam (4-membered cyclic amide) rings is 1. The van der Waals surface area contributed by atoms with E-state index < -0.39 is 68.4 Å². The summed E-state index contributed by atoms with van der Waals surface area (Å²) in [6, 6.07) is 4.18. The lowest BCUT2D eigenvalue weighted by atomic mass is 9.82. The summed E-state index contributed by atoms with van der Waals surface area (Å²) in [5.74, 6) is -4.38. The molecule has 0 bridgehead atoms. The van der Waals surface area contributed by atoms with E-state index in [4.69, 9.17) is 18.9 Å². The van der Waals surface area contributed by atoms with Crippen LogP contribution in [-0.4, -0.2) is 92.8 Å². The molecule has 1 N–H and O–H groups in total. The van der Waals surface area contributed by atoms with Gasteiger partial charge in [0.05, 0.1) is 42.0 Å². The second kappa shape index (κ2) is 13.7. The standard InChI is InChI=1S/C21H26N4O11S/c1-33-7-8-34-12-36-17(11-37(2,31)32)18-15(23-20(18)27)9-16(26)19(24-22)21(28)35-10-13-3-5-14(6-4-13)25(29)30/h3-6,15,17-18H,7-12H2,1-2H3,(H,23,27). The van der Waals surface area contributed by atoms with Gasteiger partial charge in [-0.25, -0.2) is 13.2 Å². The molecule has 1 heterocycles. The first-order valence-corrected chi connectivity index (χ1v) is 12.8. The van der Waals surface area contributed by atoms with E-state index in [9.17, 15) is 38.4 Å². The monoisotopic (exact) mass is 542 g/mol. The van der Waals surface area contributed by atoms with Gasteiger partial charge < -0.3 is 29.8 Å². The van der Waals surface area contributed by atoms with Gasteiger partial charge in [0, 0.05) is 31.9 Å². The third kappa shape index (κ3) is 9.11. The fraction of sp³-hybridized carbons (Fsp3) is 0.524. The van der Waals surface area contributed by atoms with Gasteiger partial charge in [0.25, 0.3) is 11.5 Å². The molecular formula is C21H26N4O11S.